The van der Waals surface area contributed by atoms with Crippen LogP contribution in [0.3, 0.4) is 0 Å². The Kier molecular flexibility index (Phi) is 3.18. The lowest BCUT2D eigenvalue weighted by Gasteiger charge is -2.06. The van der Waals surface area contributed by atoms with Gasteiger partial charge in [0.05, 0.1) is 0 Å². The van der Waals surface area contributed by atoms with Crippen LogP contribution in [-0.2, 0) is 6.42 Å². The third kappa shape index (κ3) is 2.98. The molecule has 72 valence electrons. The van der Waals surface area contributed by atoms with Gasteiger partial charge in [-0.1, -0.05) is 19.9 Å². The minimum atomic E-state index is 0.116. The van der Waals surface area contributed by atoms with E-state index in [9.17, 15) is 5.11 Å². The highest BCUT2D eigenvalue weighted by molar-refractivity contribution is 5.38. The second kappa shape index (κ2) is 4.17. The van der Waals surface area contributed by atoms with Crippen LogP contribution >= 0.6 is 0 Å². The SMILES string of the molecule is CC(C)CCc1ccc(O)cc1O. The number of aromatic hydroxyl groups is 2. The minimum absolute atomic E-state index is 0.116. The largest absolute Gasteiger partial charge is 0.508 e. The predicted octanol–water partition coefficient (Wildman–Crippen LogP) is 2.69. The predicted molar refractivity (Wildman–Crippen MR) is 52.9 cm³/mol. The number of rotatable bonds is 3. The Morgan fingerprint density at radius 1 is 1.23 bits per heavy atom. The standard InChI is InChI=1S/C11H16O2/c1-8(2)3-4-9-5-6-10(12)7-11(9)13/h5-8,12-13H,3-4H2,1-2H3. The van der Waals surface area contributed by atoms with Gasteiger partial charge in [-0.3, -0.25) is 0 Å². The number of phenolic OH excluding ortho intramolecular Hbond substituents is 2. The summed E-state index contributed by atoms with van der Waals surface area (Å²) >= 11 is 0. The van der Waals surface area contributed by atoms with Crippen LogP contribution < -0.4 is 0 Å². The van der Waals surface area contributed by atoms with Gasteiger partial charge in [-0.15, -0.1) is 0 Å². The molecule has 13 heavy (non-hydrogen) atoms. The van der Waals surface area contributed by atoms with Crippen molar-refractivity contribution in [3.8, 4) is 11.5 Å². The fraction of sp³-hybridized carbons (Fsp3) is 0.455. The van der Waals surface area contributed by atoms with Crippen LogP contribution in [0.25, 0.3) is 0 Å². The first-order valence-electron chi connectivity index (χ1n) is 4.60. The quantitative estimate of drug-likeness (QED) is 0.750. The highest BCUT2D eigenvalue weighted by atomic mass is 16.3. The second-order valence-electron chi connectivity index (χ2n) is 3.75. The van der Waals surface area contributed by atoms with Crippen LogP contribution in [0.15, 0.2) is 18.2 Å². The molecule has 0 aromatic heterocycles. The molecule has 0 amide bonds. The molecule has 0 aliphatic rings. The first-order valence-corrected chi connectivity index (χ1v) is 4.60. The van der Waals surface area contributed by atoms with E-state index in [0.717, 1.165) is 18.4 Å². The summed E-state index contributed by atoms with van der Waals surface area (Å²) in [5.74, 6) is 0.944. The van der Waals surface area contributed by atoms with Crippen molar-refractivity contribution in [1.82, 2.24) is 0 Å². The van der Waals surface area contributed by atoms with E-state index in [2.05, 4.69) is 13.8 Å². The zero-order valence-electron chi connectivity index (χ0n) is 8.12. The lowest BCUT2D eigenvalue weighted by molar-refractivity contribution is 0.443. The van der Waals surface area contributed by atoms with E-state index in [1.807, 2.05) is 0 Å². The Labute approximate surface area is 78.8 Å². The molecule has 2 nitrogen and oxygen atoms in total. The van der Waals surface area contributed by atoms with Crippen LogP contribution in [0.1, 0.15) is 25.8 Å². The molecular formula is C11H16O2. The van der Waals surface area contributed by atoms with Crippen molar-refractivity contribution in [3.63, 3.8) is 0 Å². The lowest BCUT2D eigenvalue weighted by atomic mass is 10.0. The molecule has 0 aliphatic heterocycles. The van der Waals surface area contributed by atoms with Crippen LogP contribution in [0.4, 0.5) is 0 Å². The third-order valence-corrected chi connectivity index (χ3v) is 2.06. The van der Waals surface area contributed by atoms with Gasteiger partial charge in [0.2, 0.25) is 0 Å². The zero-order valence-corrected chi connectivity index (χ0v) is 8.12. The molecule has 0 unspecified atom stereocenters. The first-order chi connectivity index (χ1) is 6.09. The molecule has 0 atom stereocenters. The molecule has 2 heteroatoms. The van der Waals surface area contributed by atoms with E-state index in [1.165, 1.54) is 6.07 Å². The van der Waals surface area contributed by atoms with E-state index >= 15 is 0 Å². The highest BCUT2D eigenvalue weighted by Gasteiger charge is 2.03. The van der Waals surface area contributed by atoms with Gasteiger partial charge >= 0.3 is 0 Å². The van der Waals surface area contributed by atoms with E-state index in [1.54, 1.807) is 12.1 Å². The molecule has 0 radical (unpaired) electrons. The first kappa shape index (κ1) is 9.90. The normalized spacial score (nSPS) is 10.7. The molecule has 0 aliphatic carbocycles. The Balaban J connectivity index is 2.67. The summed E-state index contributed by atoms with van der Waals surface area (Å²) < 4.78 is 0. The van der Waals surface area contributed by atoms with Gasteiger partial charge in [0.25, 0.3) is 0 Å². The summed E-state index contributed by atoms with van der Waals surface area (Å²) in [5.41, 5.74) is 0.909. The van der Waals surface area contributed by atoms with Crippen LogP contribution in [-0.4, -0.2) is 10.2 Å². The molecule has 0 fully saturated rings. The lowest BCUT2D eigenvalue weighted by Crippen LogP contribution is -1.92. The van der Waals surface area contributed by atoms with E-state index < -0.39 is 0 Å². The molecule has 0 bridgehead atoms. The molecule has 1 aromatic carbocycles. The summed E-state index contributed by atoms with van der Waals surface area (Å²) in [6.45, 7) is 4.30. The number of phenols is 2. The maximum atomic E-state index is 9.44. The maximum absolute atomic E-state index is 9.44. The van der Waals surface area contributed by atoms with Crippen LogP contribution in [0, 0.1) is 5.92 Å². The van der Waals surface area contributed by atoms with Gasteiger partial charge in [-0.25, -0.2) is 0 Å². The Morgan fingerprint density at radius 3 is 2.46 bits per heavy atom. The molecule has 0 heterocycles. The molecule has 0 saturated heterocycles. The van der Waals surface area contributed by atoms with Gasteiger partial charge in [0.15, 0.2) is 0 Å². The van der Waals surface area contributed by atoms with Crippen molar-refractivity contribution in [1.29, 1.82) is 0 Å². The number of hydrogen-bond donors (Lipinski definition) is 2. The summed E-state index contributed by atoms with van der Waals surface area (Å²) in [4.78, 5) is 0. The van der Waals surface area contributed by atoms with E-state index in [4.69, 9.17) is 5.11 Å². The van der Waals surface area contributed by atoms with Crippen molar-refractivity contribution in [2.75, 3.05) is 0 Å². The van der Waals surface area contributed by atoms with E-state index in [-0.39, 0.29) is 11.5 Å². The monoisotopic (exact) mass is 180 g/mol. The minimum Gasteiger partial charge on any atom is -0.508 e. The highest BCUT2D eigenvalue weighted by Crippen LogP contribution is 2.24. The van der Waals surface area contributed by atoms with Crippen molar-refractivity contribution in [2.24, 2.45) is 5.92 Å². The molecule has 1 aromatic rings. The fourth-order valence-electron chi connectivity index (χ4n) is 1.21. The van der Waals surface area contributed by atoms with Crippen molar-refractivity contribution in [2.45, 2.75) is 26.7 Å². The molecular weight excluding hydrogens is 164 g/mol. The second-order valence-corrected chi connectivity index (χ2v) is 3.75. The number of hydrogen-bond acceptors (Lipinski definition) is 2. The number of aryl methyl sites for hydroxylation is 1. The average Bonchev–Trinajstić information content (AvgIpc) is 2.02. The van der Waals surface area contributed by atoms with Gasteiger partial charge in [-0.2, -0.15) is 0 Å². The van der Waals surface area contributed by atoms with Crippen molar-refractivity contribution < 1.29 is 10.2 Å². The zero-order chi connectivity index (χ0) is 9.84. The average molecular weight is 180 g/mol. The maximum Gasteiger partial charge on any atom is 0.122 e. The smallest absolute Gasteiger partial charge is 0.122 e. The summed E-state index contributed by atoms with van der Waals surface area (Å²) in [6, 6.07) is 4.76. The van der Waals surface area contributed by atoms with Gasteiger partial charge in [0, 0.05) is 6.07 Å². The molecule has 2 N–H and O–H groups in total. The number of benzene rings is 1. The summed E-state index contributed by atoms with van der Waals surface area (Å²) in [6.07, 6.45) is 1.92. The van der Waals surface area contributed by atoms with Crippen molar-refractivity contribution >= 4 is 0 Å². The fourth-order valence-corrected chi connectivity index (χ4v) is 1.21. The summed E-state index contributed by atoms with van der Waals surface area (Å²) in [7, 11) is 0. The Bertz CT molecular complexity index is 279. The molecule has 0 saturated carbocycles. The van der Waals surface area contributed by atoms with Gasteiger partial charge in [0.1, 0.15) is 11.5 Å². The molecule has 1 rings (SSSR count). The van der Waals surface area contributed by atoms with Gasteiger partial charge in [-0.05, 0) is 30.4 Å². The summed E-state index contributed by atoms with van der Waals surface area (Å²) in [5, 5.41) is 18.5. The van der Waals surface area contributed by atoms with Gasteiger partial charge < -0.3 is 10.2 Å². The molecule has 0 spiro atoms. The Morgan fingerprint density at radius 2 is 1.92 bits per heavy atom. The Hall–Kier alpha value is -1.18. The van der Waals surface area contributed by atoms with Crippen LogP contribution in [0.5, 0.6) is 11.5 Å². The van der Waals surface area contributed by atoms with Crippen LogP contribution in [0.2, 0.25) is 0 Å². The topological polar surface area (TPSA) is 40.5 Å². The van der Waals surface area contributed by atoms with E-state index in [0.29, 0.717) is 5.92 Å². The third-order valence-electron chi connectivity index (χ3n) is 2.06. The van der Waals surface area contributed by atoms with Crippen molar-refractivity contribution in [3.05, 3.63) is 23.8 Å².